The Balaban J connectivity index is 1.89. The molecule has 2 saturated heterocycles. The molecule has 22 heavy (non-hydrogen) atoms. The third-order valence-corrected chi connectivity index (χ3v) is 4.74. The number of aromatic nitrogens is 2. The Labute approximate surface area is 129 Å². The van der Waals surface area contributed by atoms with Crippen molar-refractivity contribution in [3.8, 4) is 0 Å². The first kappa shape index (κ1) is 15.0. The van der Waals surface area contributed by atoms with Crippen molar-refractivity contribution in [3.05, 3.63) is 17.5 Å². The Morgan fingerprint density at radius 2 is 2.14 bits per heavy atom. The molecule has 2 fully saturated rings. The van der Waals surface area contributed by atoms with Crippen molar-refractivity contribution in [1.29, 1.82) is 0 Å². The van der Waals surface area contributed by atoms with E-state index < -0.39 is 5.92 Å². The number of hydroxylamine groups is 2. The zero-order valence-electron chi connectivity index (χ0n) is 13.3. The number of carbonyl (C=O) groups excluding carboxylic acids is 2. The maximum atomic E-state index is 12.8. The van der Waals surface area contributed by atoms with Crippen LogP contribution < -0.4 is 0 Å². The zero-order valence-corrected chi connectivity index (χ0v) is 13.3. The van der Waals surface area contributed by atoms with Gasteiger partial charge in [0.2, 0.25) is 5.91 Å². The molecule has 0 N–H and O–H groups in total. The highest BCUT2D eigenvalue weighted by atomic mass is 16.7. The summed E-state index contributed by atoms with van der Waals surface area (Å²) < 4.78 is 1.77. The van der Waals surface area contributed by atoms with E-state index in [1.54, 1.807) is 22.8 Å². The molecule has 0 saturated carbocycles. The quantitative estimate of drug-likeness (QED) is 0.810. The number of amides is 2. The van der Waals surface area contributed by atoms with Crippen LogP contribution in [0.1, 0.15) is 36.6 Å². The van der Waals surface area contributed by atoms with Gasteiger partial charge in [0.25, 0.3) is 5.91 Å². The second-order valence-corrected chi connectivity index (χ2v) is 6.05. The average Bonchev–Trinajstić information content (AvgIpc) is 3.01. The number of likely N-dealkylation sites (tertiary alicyclic amines) is 1. The predicted octanol–water partition coefficient (Wildman–Crippen LogP) is 0.802. The van der Waals surface area contributed by atoms with Crippen molar-refractivity contribution >= 4 is 11.8 Å². The molecule has 7 heteroatoms. The first-order valence-electron chi connectivity index (χ1n) is 7.69. The number of aryl methyl sites for hydroxylation is 1. The van der Waals surface area contributed by atoms with E-state index in [0.29, 0.717) is 13.2 Å². The van der Waals surface area contributed by atoms with Crippen molar-refractivity contribution in [3.63, 3.8) is 0 Å². The van der Waals surface area contributed by atoms with Crippen LogP contribution in [0.2, 0.25) is 0 Å². The lowest BCUT2D eigenvalue weighted by atomic mass is 9.93. The fraction of sp³-hybridized carbons (Fsp3) is 0.667. The summed E-state index contributed by atoms with van der Waals surface area (Å²) >= 11 is 0. The van der Waals surface area contributed by atoms with Gasteiger partial charge in [0.15, 0.2) is 0 Å². The number of rotatable bonds is 2. The summed E-state index contributed by atoms with van der Waals surface area (Å²) in [6.45, 7) is 3.13. The van der Waals surface area contributed by atoms with Gasteiger partial charge in [-0.3, -0.25) is 19.1 Å². The highest BCUT2D eigenvalue weighted by Crippen LogP contribution is 2.39. The van der Waals surface area contributed by atoms with Gasteiger partial charge >= 0.3 is 0 Å². The SMILES string of the molecule is Cc1c([C@@H]2[C@@H](C(=O)N3CCCCO3)CC(=O)N2C)cnn1C. The Morgan fingerprint density at radius 3 is 2.73 bits per heavy atom. The van der Waals surface area contributed by atoms with E-state index in [2.05, 4.69) is 5.10 Å². The summed E-state index contributed by atoms with van der Waals surface area (Å²) in [5.41, 5.74) is 1.91. The molecular formula is C15H22N4O3. The highest BCUT2D eigenvalue weighted by molar-refractivity contribution is 5.90. The van der Waals surface area contributed by atoms with Crippen molar-refractivity contribution in [2.75, 3.05) is 20.2 Å². The van der Waals surface area contributed by atoms with Crippen LogP contribution in [0.5, 0.6) is 0 Å². The third-order valence-electron chi connectivity index (χ3n) is 4.74. The molecule has 0 bridgehead atoms. The summed E-state index contributed by atoms with van der Waals surface area (Å²) in [7, 11) is 3.62. The Morgan fingerprint density at radius 1 is 1.36 bits per heavy atom. The van der Waals surface area contributed by atoms with Gasteiger partial charge in [-0.15, -0.1) is 0 Å². The summed E-state index contributed by atoms with van der Waals surface area (Å²) in [5.74, 6) is -0.507. The molecule has 0 radical (unpaired) electrons. The van der Waals surface area contributed by atoms with Crippen molar-refractivity contribution < 1.29 is 14.4 Å². The zero-order chi connectivity index (χ0) is 15.9. The van der Waals surface area contributed by atoms with Gasteiger partial charge in [-0.1, -0.05) is 0 Å². The van der Waals surface area contributed by atoms with Crippen LogP contribution >= 0.6 is 0 Å². The van der Waals surface area contributed by atoms with Gasteiger partial charge in [-0.25, -0.2) is 5.06 Å². The molecule has 120 valence electrons. The summed E-state index contributed by atoms with van der Waals surface area (Å²) in [4.78, 5) is 32.1. The molecule has 2 atom stereocenters. The smallest absolute Gasteiger partial charge is 0.252 e. The van der Waals surface area contributed by atoms with Crippen LogP contribution in [-0.2, 0) is 21.5 Å². The molecular weight excluding hydrogens is 284 g/mol. The summed E-state index contributed by atoms with van der Waals surface area (Å²) in [6.07, 6.45) is 3.90. The lowest BCUT2D eigenvalue weighted by Crippen LogP contribution is -2.41. The lowest BCUT2D eigenvalue weighted by Gasteiger charge is -2.31. The number of nitrogens with zero attached hydrogens (tertiary/aromatic N) is 4. The third kappa shape index (κ3) is 2.39. The molecule has 0 aliphatic carbocycles. The molecule has 3 rings (SSSR count). The first-order chi connectivity index (χ1) is 10.5. The molecule has 2 aliphatic heterocycles. The standard InChI is InChI=1S/C15H22N4O3/c1-10-12(9-16-18(10)3)14-11(8-13(20)17(14)2)15(21)19-6-4-5-7-22-19/h9,11,14H,4-8H2,1-3H3/t11-,14-/m0/s1. The monoisotopic (exact) mass is 306 g/mol. The second-order valence-electron chi connectivity index (χ2n) is 6.05. The number of hydrogen-bond donors (Lipinski definition) is 0. The van der Waals surface area contributed by atoms with Crippen LogP contribution in [0.3, 0.4) is 0 Å². The van der Waals surface area contributed by atoms with Gasteiger partial charge in [0, 0.05) is 38.3 Å². The molecule has 0 spiro atoms. The van der Waals surface area contributed by atoms with Gasteiger partial charge in [0.1, 0.15) is 0 Å². The molecule has 1 aromatic rings. The Kier molecular flexibility index (Phi) is 3.90. The van der Waals surface area contributed by atoms with E-state index in [9.17, 15) is 9.59 Å². The van der Waals surface area contributed by atoms with E-state index >= 15 is 0 Å². The molecule has 3 heterocycles. The topological polar surface area (TPSA) is 67.7 Å². The molecule has 7 nitrogen and oxygen atoms in total. The van der Waals surface area contributed by atoms with E-state index in [1.807, 2.05) is 14.0 Å². The maximum Gasteiger partial charge on any atom is 0.252 e. The molecule has 0 unspecified atom stereocenters. The minimum atomic E-state index is -0.404. The van der Waals surface area contributed by atoms with Gasteiger partial charge < -0.3 is 4.90 Å². The molecule has 1 aromatic heterocycles. The fourth-order valence-electron chi connectivity index (χ4n) is 3.28. The highest BCUT2D eigenvalue weighted by Gasteiger charge is 2.45. The van der Waals surface area contributed by atoms with Crippen LogP contribution in [0.4, 0.5) is 0 Å². The van der Waals surface area contributed by atoms with E-state index in [-0.39, 0.29) is 24.3 Å². The minimum absolute atomic E-state index is 0.0105. The summed E-state index contributed by atoms with van der Waals surface area (Å²) in [5, 5.41) is 5.69. The number of hydrogen-bond acceptors (Lipinski definition) is 4. The van der Waals surface area contributed by atoms with E-state index in [0.717, 1.165) is 24.1 Å². The van der Waals surface area contributed by atoms with Crippen molar-refractivity contribution in [1.82, 2.24) is 19.7 Å². The van der Waals surface area contributed by atoms with Crippen molar-refractivity contribution in [2.24, 2.45) is 13.0 Å². The van der Waals surface area contributed by atoms with Crippen molar-refractivity contribution in [2.45, 2.75) is 32.2 Å². The Hall–Kier alpha value is -1.89. The van der Waals surface area contributed by atoms with E-state index in [4.69, 9.17) is 4.84 Å². The first-order valence-corrected chi connectivity index (χ1v) is 7.69. The molecule has 0 aromatic carbocycles. The largest absolute Gasteiger partial charge is 0.338 e. The Bertz CT molecular complexity index is 592. The van der Waals surface area contributed by atoms with Crippen LogP contribution in [-0.4, -0.2) is 51.8 Å². The fourth-order valence-corrected chi connectivity index (χ4v) is 3.28. The van der Waals surface area contributed by atoms with Crippen LogP contribution in [0, 0.1) is 12.8 Å². The second kappa shape index (κ2) is 5.72. The van der Waals surface area contributed by atoms with Gasteiger partial charge in [0.05, 0.1) is 24.8 Å². The van der Waals surface area contributed by atoms with Crippen LogP contribution in [0.25, 0.3) is 0 Å². The molecule has 2 aliphatic rings. The predicted molar refractivity (Wildman–Crippen MR) is 78.5 cm³/mol. The molecule has 2 amide bonds. The summed E-state index contributed by atoms with van der Waals surface area (Å²) in [6, 6.07) is -0.265. The number of carbonyl (C=O) groups is 2. The maximum absolute atomic E-state index is 12.8. The lowest BCUT2D eigenvalue weighted by molar-refractivity contribution is -0.202. The average molecular weight is 306 g/mol. The van der Waals surface area contributed by atoms with E-state index in [1.165, 1.54) is 5.06 Å². The van der Waals surface area contributed by atoms with Gasteiger partial charge in [-0.05, 0) is 19.8 Å². The normalized spacial score (nSPS) is 25.9. The van der Waals surface area contributed by atoms with Gasteiger partial charge in [-0.2, -0.15) is 5.10 Å². The minimum Gasteiger partial charge on any atom is -0.338 e. The van der Waals surface area contributed by atoms with Crippen LogP contribution in [0.15, 0.2) is 6.20 Å².